The van der Waals surface area contributed by atoms with E-state index in [0.29, 0.717) is 19.4 Å². The highest BCUT2D eigenvalue weighted by Crippen LogP contribution is 2.27. The normalized spacial score (nSPS) is 22.5. The molecule has 23 heavy (non-hydrogen) atoms. The molecule has 0 spiro atoms. The summed E-state index contributed by atoms with van der Waals surface area (Å²) in [6, 6.07) is 4.75. The number of rotatable bonds is 6. The number of alkyl halides is 1. The van der Waals surface area contributed by atoms with Gasteiger partial charge in [-0.05, 0) is 37.0 Å². The average molecular weight is 324 g/mol. The van der Waals surface area contributed by atoms with Gasteiger partial charge >= 0.3 is 0 Å². The van der Waals surface area contributed by atoms with Crippen molar-refractivity contribution in [3.63, 3.8) is 0 Å². The smallest absolute Gasteiger partial charge is 0.219 e. The van der Waals surface area contributed by atoms with E-state index >= 15 is 0 Å². The first-order valence-electron chi connectivity index (χ1n) is 8.13. The SMILES string of the molecule is CCC(=O)N[C@H]1CC[C@@H](C(CF)Cc2ccc(O)c(O)c2)NC1. The van der Waals surface area contributed by atoms with Gasteiger partial charge in [0.25, 0.3) is 0 Å². The van der Waals surface area contributed by atoms with Crippen molar-refractivity contribution in [2.75, 3.05) is 13.2 Å². The minimum absolute atomic E-state index is 0.0388. The van der Waals surface area contributed by atoms with Crippen molar-refractivity contribution < 1.29 is 19.4 Å². The minimum atomic E-state index is -0.453. The number of nitrogens with one attached hydrogen (secondary N) is 2. The fourth-order valence-electron chi connectivity index (χ4n) is 3.04. The summed E-state index contributed by atoms with van der Waals surface area (Å²) in [5, 5.41) is 25.2. The molecule has 4 N–H and O–H groups in total. The monoisotopic (exact) mass is 324 g/mol. The zero-order valence-corrected chi connectivity index (χ0v) is 13.4. The van der Waals surface area contributed by atoms with Gasteiger partial charge in [-0.2, -0.15) is 0 Å². The van der Waals surface area contributed by atoms with Crippen molar-refractivity contribution in [2.45, 2.75) is 44.7 Å². The predicted molar refractivity (Wildman–Crippen MR) is 86.2 cm³/mol. The Balaban J connectivity index is 1.89. The summed E-state index contributed by atoms with van der Waals surface area (Å²) in [4.78, 5) is 11.4. The number of benzene rings is 1. The van der Waals surface area contributed by atoms with Crippen molar-refractivity contribution >= 4 is 5.91 Å². The number of amides is 1. The number of phenolic OH excluding ortho intramolecular Hbond substituents is 2. The van der Waals surface area contributed by atoms with Gasteiger partial charge in [-0.25, -0.2) is 0 Å². The molecule has 5 nitrogen and oxygen atoms in total. The van der Waals surface area contributed by atoms with E-state index in [-0.39, 0.29) is 35.4 Å². The van der Waals surface area contributed by atoms with Crippen molar-refractivity contribution in [2.24, 2.45) is 5.92 Å². The first-order chi connectivity index (χ1) is 11.0. The molecule has 1 saturated heterocycles. The molecule has 1 unspecified atom stereocenters. The van der Waals surface area contributed by atoms with Gasteiger partial charge in [-0.1, -0.05) is 13.0 Å². The van der Waals surface area contributed by atoms with Crippen LogP contribution >= 0.6 is 0 Å². The molecule has 2 rings (SSSR count). The summed E-state index contributed by atoms with van der Waals surface area (Å²) in [6.07, 6.45) is 2.60. The lowest BCUT2D eigenvalue weighted by molar-refractivity contribution is -0.121. The van der Waals surface area contributed by atoms with Crippen LogP contribution in [0, 0.1) is 5.92 Å². The lowest BCUT2D eigenvalue weighted by Gasteiger charge is -2.34. The number of piperidine rings is 1. The second kappa shape index (κ2) is 8.15. The Morgan fingerprint density at radius 2 is 2.17 bits per heavy atom. The van der Waals surface area contributed by atoms with Crippen LogP contribution in [0.5, 0.6) is 11.5 Å². The van der Waals surface area contributed by atoms with Crippen LogP contribution in [0.2, 0.25) is 0 Å². The average Bonchev–Trinajstić information content (AvgIpc) is 2.56. The van der Waals surface area contributed by atoms with Crippen LogP contribution in [0.1, 0.15) is 31.7 Å². The van der Waals surface area contributed by atoms with Crippen LogP contribution in [0.15, 0.2) is 18.2 Å². The second-order valence-corrected chi connectivity index (χ2v) is 6.15. The molecular weight excluding hydrogens is 299 g/mol. The van der Waals surface area contributed by atoms with Crippen LogP contribution < -0.4 is 10.6 Å². The Kier molecular flexibility index (Phi) is 6.21. The molecule has 1 amide bonds. The fourth-order valence-corrected chi connectivity index (χ4v) is 3.04. The van der Waals surface area contributed by atoms with Crippen LogP contribution in [-0.4, -0.2) is 41.4 Å². The highest BCUT2D eigenvalue weighted by molar-refractivity contribution is 5.75. The first-order valence-corrected chi connectivity index (χ1v) is 8.13. The molecule has 1 aliphatic rings. The van der Waals surface area contributed by atoms with E-state index in [2.05, 4.69) is 10.6 Å². The maximum atomic E-state index is 13.4. The zero-order chi connectivity index (χ0) is 16.8. The van der Waals surface area contributed by atoms with Gasteiger partial charge in [0.2, 0.25) is 5.91 Å². The number of phenols is 2. The number of aromatic hydroxyl groups is 2. The van der Waals surface area contributed by atoms with Crippen molar-refractivity contribution in [1.29, 1.82) is 0 Å². The maximum absolute atomic E-state index is 13.4. The quantitative estimate of drug-likeness (QED) is 0.602. The van der Waals surface area contributed by atoms with Crippen LogP contribution in [-0.2, 0) is 11.2 Å². The van der Waals surface area contributed by atoms with E-state index < -0.39 is 6.67 Å². The summed E-state index contributed by atoms with van der Waals surface area (Å²) >= 11 is 0. The van der Waals surface area contributed by atoms with Gasteiger partial charge in [-0.3, -0.25) is 9.18 Å². The van der Waals surface area contributed by atoms with E-state index in [1.54, 1.807) is 6.07 Å². The Bertz CT molecular complexity index is 531. The highest BCUT2D eigenvalue weighted by atomic mass is 19.1. The molecule has 0 saturated carbocycles. The van der Waals surface area contributed by atoms with E-state index in [1.807, 2.05) is 6.92 Å². The third-order valence-electron chi connectivity index (χ3n) is 4.44. The number of carbonyl (C=O) groups is 1. The number of hydrogen-bond donors (Lipinski definition) is 4. The van der Waals surface area contributed by atoms with E-state index in [4.69, 9.17) is 0 Å². The highest BCUT2D eigenvalue weighted by Gasteiger charge is 2.28. The number of carbonyl (C=O) groups excluding carboxylic acids is 1. The van der Waals surface area contributed by atoms with E-state index in [0.717, 1.165) is 18.4 Å². The third-order valence-corrected chi connectivity index (χ3v) is 4.44. The van der Waals surface area contributed by atoms with Crippen molar-refractivity contribution in [3.8, 4) is 11.5 Å². The molecule has 0 bridgehead atoms. The Morgan fingerprint density at radius 3 is 2.74 bits per heavy atom. The molecular formula is C17H25FN2O3. The summed E-state index contributed by atoms with van der Waals surface area (Å²) in [5.41, 5.74) is 0.797. The van der Waals surface area contributed by atoms with Crippen molar-refractivity contribution in [1.82, 2.24) is 10.6 Å². The molecule has 128 valence electrons. The van der Waals surface area contributed by atoms with E-state index in [9.17, 15) is 19.4 Å². The fraction of sp³-hybridized carbons (Fsp3) is 0.588. The Hall–Kier alpha value is -1.82. The molecule has 1 aromatic rings. The number of hydrogen-bond acceptors (Lipinski definition) is 4. The standard InChI is InChI=1S/C17H25FN2O3/c1-2-17(23)20-13-4-5-14(19-10-13)12(9-18)7-11-3-6-15(21)16(22)8-11/h3,6,8,12-14,19,21-22H,2,4-5,7,9-10H2,1H3,(H,20,23)/t12?,13-,14-/m0/s1. The molecule has 0 aromatic heterocycles. The molecule has 0 aliphatic carbocycles. The van der Waals surface area contributed by atoms with Crippen LogP contribution in [0.25, 0.3) is 0 Å². The van der Waals surface area contributed by atoms with Gasteiger partial charge < -0.3 is 20.8 Å². The largest absolute Gasteiger partial charge is 0.504 e. The molecule has 1 heterocycles. The van der Waals surface area contributed by atoms with Gasteiger partial charge in [0, 0.05) is 31.0 Å². The predicted octanol–water partition coefficient (Wildman–Crippen LogP) is 1.87. The molecule has 3 atom stereocenters. The zero-order valence-electron chi connectivity index (χ0n) is 13.4. The van der Waals surface area contributed by atoms with Gasteiger partial charge in [0.15, 0.2) is 11.5 Å². The minimum Gasteiger partial charge on any atom is -0.504 e. The maximum Gasteiger partial charge on any atom is 0.219 e. The molecule has 6 heteroatoms. The van der Waals surface area contributed by atoms with Crippen molar-refractivity contribution in [3.05, 3.63) is 23.8 Å². The molecule has 1 aliphatic heterocycles. The van der Waals surface area contributed by atoms with Gasteiger partial charge in [-0.15, -0.1) is 0 Å². The second-order valence-electron chi connectivity index (χ2n) is 6.15. The summed E-state index contributed by atoms with van der Waals surface area (Å²) in [6.45, 7) is 2.01. The molecule has 1 aromatic carbocycles. The van der Waals surface area contributed by atoms with Gasteiger partial charge in [0.05, 0.1) is 6.67 Å². The summed E-state index contributed by atoms with van der Waals surface area (Å²) < 4.78 is 13.4. The first kappa shape index (κ1) is 17.5. The van der Waals surface area contributed by atoms with Crippen LogP contribution in [0.4, 0.5) is 4.39 Å². The molecule has 0 radical (unpaired) electrons. The van der Waals surface area contributed by atoms with Gasteiger partial charge in [0.1, 0.15) is 0 Å². The van der Waals surface area contributed by atoms with Crippen LogP contribution in [0.3, 0.4) is 0 Å². The topological polar surface area (TPSA) is 81.6 Å². The Labute approximate surface area is 135 Å². The summed E-state index contributed by atoms with van der Waals surface area (Å²) in [5.74, 6) is -0.506. The number of halogens is 1. The molecule has 1 fully saturated rings. The van der Waals surface area contributed by atoms with E-state index in [1.165, 1.54) is 12.1 Å². The lowest BCUT2D eigenvalue weighted by atomic mass is 9.87. The third kappa shape index (κ3) is 4.82. The summed E-state index contributed by atoms with van der Waals surface area (Å²) in [7, 11) is 0. The lowest BCUT2D eigenvalue weighted by Crippen LogP contribution is -2.52. The Morgan fingerprint density at radius 1 is 1.39 bits per heavy atom.